The smallest absolute Gasteiger partial charge is 0.0933 e. The molecule has 1 aromatic carbocycles. The van der Waals surface area contributed by atoms with Gasteiger partial charge >= 0.3 is 0 Å². The predicted octanol–water partition coefficient (Wildman–Crippen LogP) is 1.46. The van der Waals surface area contributed by atoms with Gasteiger partial charge in [0.1, 0.15) is 0 Å². The second kappa shape index (κ2) is 3.85. The van der Waals surface area contributed by atoms with Crippen molar-refractivity contribution in [2.45, 2.75) is 5.75 Å². The zero-order chi connectivity index (χ0) is 8.27. The minimum Gasteiger partial charge on any atom is -0.252 e. The van der Waals surface area contributed by atoms with Gasteiger partial charge in [0.05, 0.1) is 16.7 Å². The first-order chi connectivity index (χ1) is 5.20. The minimum atomic E-state index is -1.31. The van der Waals surface area contributed by atoms with Gasteiger partial charge < -0.3 is 0 Å². The van der Waals surface area contributed by atoms with Gasteiger partial charge in [-0.25, -0.2) is 4.21 Å². The van der Waals surface area contributed by atoms with Crippen LogP contribution in [-0.2, 0) is 16.7 Å². The Kier molecular flexibility index (Phi) is 3.05. The summed E-state index contributed by atoms with van der Waals surface area (Å²) >= 11 is 5.78. The molecule has 0 aliphatic carbocycles. The van der Waals surface area contributed by atoms with Gasteiger partial charge in [-0.05, 0) is 11.6 Å². The Morgan fingerprint density at radius 2 is 2.09 bits per heavy atom. The molecule has 60 valence electrons. The van der Waals surface area contributed by atoms with E-state index in [2.05, 4.69) is 0 Å². The first kappa shape index (κ1) is 8.71. The average Bonchev–Trinajstić information content (AvgIpc) is 1.93. The molecule has 0 heterocycles. The molecule has 0 spiro atoms. The molecule has 0 aromatic heterocycles. The Balaban J connectivity index is 2.86. The largest absolute Gasteiger partial charge is 0.252 e. The van der Waals surface area contributed by atoms with E-state index in [9.17, 15) is 4.21 Å². The van der Waals surface area contributed by atoms with Gasteiger partial charge in [-0.15, -0.1) is 0 Å². The topological polar surface area (TPSA) is 43.1 Å². The van der Waals surface area contributed by atoms with Crippen molar-refractivity contribution >= 4 is 22.6 Å². The first-order valence-electron chi connectivity index (χ1n) is 3.06. The molecule has 0 amide bonds. The Bertz CT molecular complexity index is 277. The van der Waals surface area contributed by atoms with E-state index in [-0.39, 0.29) is 0 Å². The van der Waals surface area contributed by atoms with E-state index in [0.717, 1.165) is 5.56 Å². The van der Waals surface area contributed by atoms with E-state index in [1.54, 1.807) is 6.07 Å². The van der Waals surface area contributed by atoms with Crippen LogP contribution in [0.25, 0.3) is 0 Å². The molecule has 2 nitrogen and oxygen atoms in total. The minimum absolute atomic E-state index is 0.319. The van der Waals surface area contributed by atoms with Crippen LogP contribution >= 0.6 is 11.6 Å². The van der Waals surface area contributed by atoms with Crippen LogP contribution in [0.1, 0.15) is 5.56 Å². The van der Waals surface area contributed by atoms with Crippen molar-refractivity contribution < 1.29 is 4.21 Å². The molecule has 2 N–H and O–H groups in total. The van der Waals surface area contributed by atoms with Crippen LogP contribution in [0.2, 0.25) is 5.02 Å². The third-order valence-electron chi connectivity index (χ3n) is 1.26. The van der Waals surface area contributed by atoms with Gasteiger partial charge in [0.2, 0.25) is 0 Å². The second-order valence-electron chi connectivity index (χ2n) is 2.12. The Morgan fingerprint density at radius 3 is 2.64 bits per heavy atom. The summed E-state index contributed by atoms with van der Waals surface area (Å²) in [5.41, 5.74) is 0.829. The number of halogens is 1. The normalized spacial score (nSPS) is 12.9. The summed E-state index contributed by atoms with van der Waals surface area (Å²) in [6.45, 7) is 0. The van der Waals surface area contributed by atoms with Crippen molar-refractivity contribution in [2.75, 3.05) is 0 Å². The zero-order valence-electron chi connectivity index (χ0n) is 5.79. The van der Waals surface area contributed by atoms with Crippen LogP contribution in [0.15, 0.2) is 24.3 Å². The third-order valence-corrected chi connectivity index (χ3v) is 2.22. The Labute approximate surface area is 72.9 Å². The van der Waals surface area contributed by atoms with E-state index >= 15 is 0 Å². The van der Waals surface area contributed by atoms with E-state index < -0.39 is 11.0 Å². The van der Waals surface area contributed by atoms with Gasteiger partial charge in [-0.3, -0.25) is 5.14 Å². The molecular weight excluding hydrogens is 182 g/mol. The number of hydrogen-bond acceptors (Lipinski definition) is 1. The van der Waals surface area contributed by atoms with Crippen molar-refractivity contribution in [3.63, 3.8) is 0 Å². The maximum absolute atomic E-state index is 10.6. The van der Waals surface area contributed by atoms with Crippen LogP contribution < -0.4 is 5.14 Å². The summed E-state index contributed by atoms with van der Waals surface area (Å²) in [6, 6.07) is 7.23. The lowest BCUT2D eigenvalue weighted by atomic mass is 10.2. The quantitative estimate of drug-likeness (QED) is 0.752. The monoisotopic (exact) mass is 189 g/mol. The highest BCUT2D eigenvalue weighted by Gasteiger charge is 1.99. The highest BCUT2D eigenvalue weighted by molar-refractivity contribution is 7.81. The summed E-state index contributed by atoms with van der Waals surface area (Å²) < 4.78 is 10.6. The molecule has 0 fully saturated rings. The molecular formula is C7H8ClNOS. The number of benzene rings is 1. The molecule has 1 rings (SSSR count). The number of nitrogens with two attached hydrogens (primary N) is 1. The van der Waals surface area contributed by atoms with E-state index in [1.807, 2.05) is 18.2 Å². The highest BCUT2D eigenvalue weighted by atomic mass is 35.5. The standard InChI is InChI=1S/C7H8ClNOS/c8-7-4-2-1-3-6(7)5-11(9)10/h1-4H,5,9H2/t11-/m1/s1. The fraction of sp³-hybridized carbons (Fsp3) is 0.143. The molecule has 0 unspecified atom stereocenters. The summed E-state index contributed by atoms with van der Waals surface area (Å²) in [5.74, 6) is 0.319. The SMILES string of the molecule is N[S@](=O)Cc1ccccc1Cl. The van der Waals surface area contributed by atoms with Gasteiger partial charge in [0, 0.05) is 5.02 Å². The number of hydrogen-bond donors (Lipinski definition) is 1. The molecule has 0 bridgehead atoms. The number of rotatable bonds is 2. The van der Waals surface area contributed by atoms with Crippen molar-refractivity contribution in [1.82, 2.24) is 0 Å². The van der Waals surface area contributed by atoms with Gasteiger partial charge in [-0.1, -0.05) is 29.8 Å². The molecule has 4 heteroatoms. The lowest BCUT2D eigenvalue weighted by Gasteiger charge is -1.99. The summed E-state index contributed by atoms with van der Waals surface area (Å²) in [4.78, 5) is 0. The van der Waals surface area contributed by atoms with Crippen LogP contribution in [0.5, 0.6) is 0 Å². The van der Waals surface area contributed by atoms with Crippen molar-refractivity contribution in [1.29, 1.82) is 0 Å². The lowest BCUT2D eigenvalue weighted by Crippen LogP contribution is -2.05. The molecule has 0 saturated heterocycles. The van der Waals surface area contributed by atoms with Crippen molar-refractivity contribution in [2.24, 2.45) is 5.14 Å². The maximum Gasteiger partial charge on any atom is 0.0933 e. The van der Waals surface area contributed by atoms with E-state index in [4.69, 9.17) is 16.7 Å². The predicted molar refractivity (Wildman–Crippen MR) is 47.5 cm³/mol. The van der Waals surface area contributed by atoms with Crippen LogP contribution in [0, 0.1) is 0 Å². The fourth-order valence-corrected chi connectivity index (χ4v) is 1.61. The molecule has 0 aliphatic rings. The Hall–Kier alpha value is -0.380. The third kappa shape index (κ3) is 2.61. The fourth-order valence-electron chi connectivity index (χ4n) is 0.769. The summed E-state index contributed by atoms with van der Waals surface area (Å²) in [6.07, 6.45) is 0. The first-order valence-corrected chi connectivity index (χ1v) is 4.82. The van der Waals surface area contributed by atoms with Crippen LogP contribution in [-0.4, -0.2) is 4.21 Å². The molecule has 1 aromatic rings. The van der Waals surface area contributed by atoms with Crippen molar-refractivity contribution in [3.05, 3.63) is 34.9 Å². The maximum atomic E-state index is 10.6. The molecule has 0 aliphatic heterocycles. The summed E-state index contributed by atoms with van der Waals surface area (Å²) in [5, 5.41) is 5.72. The van der Waals surface area contributed by atoms with Gasteiger partial charge in [0.15, 0.2) is 0 Å². The second-order valence-corrected chi connectivity index (χ2v) is 3.57. The lowest BCUT2D eigenvalue weighted by molar-refractivity contribution is 0.684. The molecule has 11 heavy (non-hydrogen) atoms. The summed E-state index contributed by atoms with van der Waals surface area (Å²) in [7, 11) is -1.31. The van der Waals surface area contributed by atoms with Crippen molar-refractivity contribution in [3.8, 4) is 0 Å². The molecule has 0 radical (unpaired) electrons. The molecule has 0 saturated carbocycles. The van der Waals surface area contributed by atoms with Crippen LogP contribution in [0.3, 0.4) is 0 Å². The average molecular weight is 190 g/mol. The van der Waals surface area contributed by atoms with Gasteiger partial charge in [-0.2, -0.15) is 0 Å². The van der Waals surface area contributed by atoms with E-state index in [0.29, 0.717) is 10.8 Å². The zero-order valence-corrected chi connectivity index (χ0v) is 7.36. The van der Waals surface area contributed by atoms with Gasteiger partial charge in [0.25, 0.3) is 0 Å². The molecule has 1 atom stereocenters. The van der Waals surface area contributed by atoms with E-state index in [1.165, 1.54) is 0 Å². The van der Waals surface area contributed by atoms with Crippen LogP contribution in [0.4, 0.5) is 0 Å². The Morgan fingerprint density at radius 1 is 1.45 bits per heavy atom. The highest BCUT2D eigenvalue weighted by Crippen LogP contribution is 2.15.